The maximum absolute atomic E-state index is 7.78. The first-order valence-electron chi connectivity index (χ1n) is 7.10. The molecule has 0 aromatic heterocycles. The summed E-state index contributed by atoms with van der Waals surface area (Å²) < 4.78 is 0. The van der Waals surface area contributed by atoms with Gasteiger partial charge in [-0.15, -0.1) is 0 Å². The standard InChI is InChI=1S/C16H25N3/c1-12-6-4-7-13(15(17)18)14(12)19-10-5-8-16(2,3)9-11-19/h4,6-7H,5,8-11H2,1-3H3,(H3,17,18). The van der Waals surface area contributed by atoms with Crippen LogP contribution in [0.15, 0.2) is 18.2 Å². The van der Waals surface area contributed by atoms with E-state index in [2.05, 4.69) is 31.7 Å². The molecule has 1 aliphatic rings. The Bertz CT molecular complexity index is 477. The summed E-state index contributed by atoms with van der Waals surface area (Å²) in [5.74, 6) is 0.169. The molecule has 0 amide bonds. The number of nitrogens with one attached hydrogen (secondary N) is 1. The van der Waals surface area contributed by atoms with E-state index in [1.54, 1.807) is 0 Å². The minimum absolute atomic E-state index is 0.169. The predicted octanol–water partition coefficient (Wildman–Crippen LogP) is 3.30. The Balaban J connectivity index is 2.33. The molecule has 3 heteroatoms. The fourth-order valence-corrected chi connectivity index (χ4v) is 2.94. The van der Waals surface area contributed by atoms with Crippen molar-refractivity contribution in [1.29, 1.82) is 5.41 Å². The molecule has 0 radical (unpaired) electrons. The minimum atomic E-state index is 0.169. The molecule has 0 bridgehead atoms. The maximum atomic E-state index is 7.78. The summed E-state index contributed by atoms with van der Waals surface area (Å²) in [6.45, 7) is 8.92. The molecule has 1 heterocycles. The van der Waals surface area contributed by atoms with Gasteiger partial charge in [0.25, 0.3) is 0 Å². The Morgan fingerprint density at radius 3 is 2.68 bits per heavy atom. The lowest BCUT2D eigenvalue weighted by Crippen LogP contribution is -2.28. The molecule has 104 valence electrons. The molecule has 1 saturated heterocycles. The van der Waals surface area contributed by atoms with E-state index in [1.165, 1.54) is 24.8 Å². The molecule has 0 aliphatic carbocycles. The fraction of sp³-hybridized carbons (Fsp3) is 0.562. The second-order valence-electron chi connectivity index (χ2n) is 6.39. The van der Waals surface area contributed by atoms with Crippen LogP contribution in [0.1, 0.15) is 44.2 Å². The molecule has 3 nitrogen and oxygen atoms in total. The lowest BCUT2D eigenvalue weighted by atomic mass is 9.85. The summed E-state index contributed by atoms with van der Waals surface area (Å²) in [7, 11) is 0. The number of amidine groups is 1. The maximum Gasteiger partial charge on any atom is 0.124 e. The first-order valence-corrected chi connectivity index (χ1v) is 7.10. The number of anilines is 1. The van der Waals surface area contributed by atoms with Gasteiger partial charge in [-0.05, 0) is 43.2 Å². The average molecular weight is 259 g/mol. The van der Waals surface area contributed by atoms with Gasteiger partial charge in [-0.25, -0.2) is 0 Å². The fourth-order valence-electron chi connectivity index (χ4n) is 2.94. The molecule has 0 atom stereocenters. The highest BCUT2D eigenvalue weighted by Gasteiger charge is 2.25. The van der Waals surface area contributed by atoms with Gasteiger partial charge in [0, 0.05) is 18.7 Å². The van der Waals surface area contributed by atoms with Gasteiger partial charge in [0.1, 0.15) is 5.84 Å². The van der Waals surface area contributed by atoms with Crippen LogP contribution in [0.5, 0.6) is 0 Å². The third kappa shape index (κ3) is 3.09. The quantitative estimate of drug-likeness (QED) is 0.632. The van der Waals surface area contributed by atoms with E-state index in [4.69, 9.17) is 11.1 Å². The predicted molar refractivity (Wildman–Crippen MR) is 82.0 cm³/mol. The Morgan fingerprint density at radius 2 is 2.00 bits per heavy atom. The second kappa shape index (κ2) is 5.24. The summed E-state index contributed by atoms with van der Waals surface area (Å²) >= 11 is 0. The van der Waals surface area contributed by atoms with Crippen molar-refractivity contribution in [3.8, 4) is 0 Å². The molecule has 1 aromatic rings. The third-order valence-corrected chi connectivity index (χ3v) is 4.18. The van der Waals surface area contributed by atoms with Crippen LogP contribution in [0, 0.1) is 17.7 Å². The van der Waals surface area contributed by atoms with E-state index in [0.29, 0.717) is 5.41 Å². The topological polar surface area (TPSA) is 53.1 Å². The van der Waals surface area contributed by atoms with Crippen LogP contribution in [-0.4, -0.2) is 18.9 Å². The van der Waals surface area contributed by atoms with Crippen molar-refractivity contribution in [2.75, 3.05) is 18.0 Å². The average Bonchev–Trinajstić information content (AvgIpc) is 2.50. The highest BCUT2D eigenvalue weighted by molar-refractivity contribution is 6.01. The molecule has 0 unspecified atom stereocenters. The third-order valence-electron chi connectivity index (χ3n) is 4.18. The highest BCUT2D eigenvalue weighted by Crippen LogP contribution is 2.33. The van der Waals surface area contributed by atoms with E-state index in [1.807, 2.05) is 12.1 Å². The van der Waals surface area contributed by atoms with Crippen molar-refractivity contribution in [3.63, 3.8) is 0 Å². The zero-order chi connectivity index (χ0) is 14.0. The molecule has 1 aromatic carbocycles. The van der Waals surface area contributed by atoms with Gasteiger partial charge in [-0.3, -0.25) is 5.41 Å². The summed E-state index contributed by atoms with van der Waals surface area (Å²) in [5, 5.41) is 7.78. The van der Waals surface area contributed by atoms with Crippen LogP contribution in [0.25, 0.3) is 0 Å². The molecule has 1 aliphatic heterocycles. The Kier molecular flexibility index (Phi) is 3.83. The van der Waals surface area contributed by atoms with Gasteiger partial charge in [0.15, 0.2) is 0 Å². The van der Waals surface area contributed by atoms with Crippen LogP contribution in [0.4, 0.5) is 5.69 Å². The summed E-state index contributed by atoms with van der Waals surface area (Å²) in [6, 6.07) is 6.05. The summed E-state index contributed by atoms with van der Waals surface area (Å²) in [5.41, 5.74) is 9.41. The van der Waals surface area contributed by atoms with Crippen LogP contribution < -0.4 is 10.6 Å². The van der Waals surface area contributed by atoms with Gasteiger partial charge < -0.3 is 10.6 Å². The Labute approximate surface area is 116 Å². The van der Waals surface area contributed by atoms with Gasteiger partial charge in [0.2, 0.25) is 0 Å². The van der Waals surface area contributed by atoms with Crippen LogP contribution >= 0.6 is 0 Å². The molecule has 19 heavy (non-hydrogen) atoms. The first kappa shape index (κ1) is 13.9. The van der Waals surface area contributed by atoms with Gasteiger partial charge >= 0.3 is 0 Å². The van der Waals surface area contributed by atoms with E-state index < -0.39 is 0 Å². The lowest BCUT2D eigenvalue weighted by molar-refractivity contribution is 0.325. The molecular weight excluding hydrogens is 234 g/mol. The first-order chi connectivity index (χ1) is 8.91. The molecular formula is C16H25N3. The van der Waals surface area contributed by atoms with Crippen LogP contribution in [0.3, 0.4) is 0 Å². The normalized spacial score (nSPS) is 19.0. The second-order valence-corrected chi connectivity index (χ2v) is 6.39. The minimum Gasteiger partial charge on any atom is -0.384 e. The lowest BCUT2D eigenvalue weighted by Gasteiger charge is -2.28. The molecule has 2 rings (SSSR count). The van der Waals surface area contributed by atoms with Crippen molar-refractivity contribution in [2.24, 2.45) is 11.1 Å². The van der Waals surface area contributed by atoms with Crippen LogP contribution in [0.2, 0.25) is 0 Å². The number of hydrogen-bond donors (Lipinski definition) is 2. The number of rotatable bonds is 2. The summed E-state index contributed by atoms with van der Waals surface area (Å²) in [6.07, 6.45) is 3.67. The molecule has 1 fully saturated rings. The van der Waals surface area contributed by atoms with Crippen molar-refractivity contribution in [2.45, 2.75) is 40.0 Å². The van der Waals surface area contributed by atoms with Crippen LogP contribution in [-0.2, 0) is 0 Å². The molecule has 0 spiro atoms. The van der Waals surface area contributed by atoms with Crippen molar-refractivity contribution >= 4 is 11.5 Å². The zero-order valence-corrected chi connectivity index (χ0v) is 12.3. The monoisotopic (exact) mass is 259 g/mol. The number of benzene rings is 1. The van der Waals surface area contributed by atoms with Crippen molar-refractivity contribution in [1.82, 2.24) is 0 Å². The van der Waals surface area contributed by atoms with Gasteiger partial charge in [-0.2, -0.15) is 0 Å². The number of aryl methyl sites for hydroxylation is 1. The smallest absolute Gasteiger partial charge is 0.124 e. The van der Waals surface area contributed by atoms with Gasteiger partial charge in [0.05, 0.1) is 5.69 Å². The molecule has 0 saturated carbocycles. The van der Waals surface area contributed by atoms with E-state index in [0.717, 1.165) is 24.3 Å². The number of nitrogens with zero attached hydrogens (tertiary/aromatic N) is 1. The highest BCUT2D eigenvalue weighted by atomic mass is 15.1. The summed E-state index contributed by atoms with van der Waals surface area (Å²) in [4.78, 5) is 2.42. The Morgan fingerprint density at radius 1 is 1.26 bits per heavy atom. The van der Waals surface area contributed by atoms with E-state index in [-0.39, 0.29) is 5.84 Å². The van der Waals surface area contributed by atoms with E-state index >= 15 is 0 Å². The number of para-hydroxylation sites is 1. The SMILES string of the molecule is Cc1cccc(C(=N)N)c1N1CCCC(C)(C)CC1. The number of hydrogen-bond acceptors (Lipinski definition) is 2. The van der Waals surface area contributed by atoms with Crippen molar-refractivity contribution in [3.05, 3.63) is 29.3 Å². The van der Waals surface area contributed by atoms with E-state index in [9.17, 15) is 0 Å². The number of nitrogen functional groups attached to an aromatic ring is 1. The zero-order valence-electron chi connectivity index (χ0n) is 12.3. The number of nitrogens with two attached hydrogens (primary N) is 1. The largest absolute Gasteiger partial charge is 0.384 e. The van der Waals surface area contributed by atoms with Gasteiger partial charge in [-0.1, -0.05) is 26.0 Å². The van der Waals surface area contributed by atoms with Crippen molar-refractivity contribution < 1.29 is 0 Å². The Hall–Kier alpha value is -1.51. The molecule has 3 N–H and O–H groups in total.